The number of carbonyl (C=O) groups excluding carboxylic acids is 1. The molecule has 0 aliphatic carbocycles. The Morgan fingerprint density at radius 2 is 2.03 bits per heavy atom. The van der Waals surface area contributed by atoms with Gasteiger partial charge in [-0.15, -0.1) is 0 Å². The zero-order valence-electron chi connectivity index (χ0n) is 17.9. The highest BCUT2D eigenvalue weighted by atomic mass is 79.9. The first-order valence-electron chi connectivity index (χ1n) is 9.98. The molecule has 2 aromatic carbocycles. The summed E-state index contributed by atoms with van der Waals surface area (Å²) in [5, 5.41) is 14.3. The number of carbonyl (C=O) groups is 1. The monoisotopic (exact) mass is 535 g/mol. The molecule has 160 valence electrons. The van der Waals surface area contributed by atoms with Crippen molar-refractivity contribution < 1.29 is 9.90 Å². The van der Waals surface area contributed by atoms with Gasteiger partial charge >= 0.3 is 0 Å². The highest BCUT2D eigenvalue weighted by molar-refractivity contribution is 9.11. The molecule has 30 heavy (non-hydrogen) atoms. The van der Waals surface area contributed by atoms with Crippen molar-refractivity contribution in [1.82, 2.24) is 5.43 Å². The van der Waals surface area contributed by atoms with Crippen molar-refractivity contribution in [3.8, 4) is 5.75 Å². The number of benzene rings is 2. The van der Waals surface area contributed by atoms with Crippen LogP contribution in [0.1, 0.15) is 67.1 Å². The summed E-state index contributed by atoms with van der Waals surface area (Å²) in [6.45, 7) is 12.1. The quantitative estimate of drug-likeness (QED) is 0.366. The van der Waals surface area contributed by atoms with E-state index in [2.05, 4.69) is 94.0 Å². The Morgan fingerprint density at radius 3 is 2.70 bits per heavy atom. The minimum absolute atomic E-state index is 0.119. The number of hydrogen-bond donors (Lipinski definition) is 2. The second-order valence-electron chi connectivity index (χ2n) is 8.41. The average molecular weight is 537 g/mol. The standard InChI is InChI=1S/C23H27Br2N3O2/c1-6-28-20-7-13(2)15(8-17(20)14(3)11-23(28,4)5)12-26-27-22(30)18-9-16(24)10-19(25)21(18)29/h7-10,12,14,29H,6,11H2,1-5H3,(H,27,30)/b26-12+. The van der Waals surface area contributed by atoms with Crippen molar-refractivity contribution in [1.29, 1.82) is 0 Å². The number of nitrogens with zero attached hydrogens (tertiary/aromatic N) is 2. The molecule has 1 amide bonds. The number of phenols is 1. The number of hydrazone groups is 1. The van der Waals surface area contributed by atoms with Crippen LogP contribution >= 0.6 is 31.9 Å². The highest BCUT2D eigenvalue weighted by Crippen LogP contribution is 2.44. The maximum atomic E-state index is 12.4. The van der Waals surface area contributed by atoms with Gasteiger partial charge in [0.1, 0.15) is 5.75 Å². The zero-order chi connectivity index (χ0) is 22.2. The Kier molecular flexibility index (Phi) is 6.63. The van der Waals surface area contributed by atoms with Crippen molar-refractivity contribution in [3.05, 3.63) is 55.5 Å². The number of rotatable bonds is 4. The van der Waals surface area contributed by atoms with Gasteiger partial charge in [0.15, 0.2) is 0 Å². The van der Waals surface area contributed by atoms with E-state index < -0.39 is 5.91 Å². The predicted octanol–water partition coefficient (Wildman–Crippen LogP) is 6.10. The molecule has 1 unspecified atom stereocenters. The largest absolute Gasteiger partial charge is 0.506 e. The van der Waals surface area contributed by atoms with Crippen LogP contribution in [0.3, 0.4) is 0 Å². The summed E-state index contributed by atoms with van der Waals surface area (Å²) in [6, 6.07) is 7.62. The van der Waals surface area contributed by atoms with Crippen LogP contribution in [0.25, 0.3) is 0 Å². The Hall–Kier alpha value is -1.86. The van der Waals surface area contributed by atoms with Gasteiger partial charge in [0.25, 0.3) is 5.91 Å². The van der Waals surface area contributed by atoms with Crippen LogP contribution in [0.5, 0.6) is 5.75 Å². The minimum Gasteiger partial charge on any atom is -0.506 e. The van der Waals surface area contributed by atoms with Crippen LogP contribution in [0.4, 0.5) is 5.69 Å². The highest BCUT2D eigenvalue weighted by Gasteiger charge is 2.35. The van der Waals surface area contributed by atoms with Gasteiger partial charge in [0.2, 0.25) is 0 Å². The van der Waals surface area contributed by atoms with Crippen LogP contribution < -0.4 is 10.3 Å². The van der Waals surface area contributed by atoms with Crippen molar-refractivity contribution in [2.45, 2.75) is 52.5 Å². The molecular weight excluding hydrogens is 510 g/mol. The Labute approximate surface area is 194 Å². The molecule has 7 heteroatoms. The lowest BCUT2D eigenvalue weighted by atomic mass is 9.79. The van der Waals surface area contributed by atoms with Gasteiger partial charge in [-0.3, -0.25) is 4.79 Å². The maximum Gasteiger partial charge on any atom is 0.275 e. The van der Waals surface area contributed by atoms with Gasteiger partial charge in [0.05, 0.1) is 16.3 Å². The maximum absolute atomic E-state index is 12.4. The molecule has 0 radical (unpaired) electrons. The summed E-state index contributed by atoms with van der Waals surface area (Å²) in [4.78, 5) is 14.9. The molecule has 1 atom stereocenters. The Morgan fingerprint density at radius 1 is 1.33 bits per heavy atom. The molecule has 0 bridgehead atoms. The van der Waals surface area contributed by atoms with E-state index in [1.807, 2.05) is 0 Å². The molecule has 0 saturated heterocycles. The fraction of sp³-hybridized carbons (Fsp3) is 0.391. The normalized spacial score (nSPS) is 17.8. The first-order valence-corrected chi connectivity index (χ1v) is 11.6. The summed E-state index contributed by atoms with van der Waals surface area (Å²) in [5.74, 6) is -0.156. The third kappa shape index (κ3) is 4.42. The van der Waals surface area contributed by atoms with Crippen LogP contribution in [0.15, 0.2) is 38.3 Å². The number of fused-ring (bicyclic) bond motifs is 1. The number of nitrogens with one attached hydrogen (secondary N) is 1. The Balaban J connectivity index is 1.86. The molecule has 0 fully saturated rings. The zero-order valence-corrected chi connectivity index (χ0v) is 21.1. The van der Waals surface area contributed by atoms with Crippen LogP contribution in [0, 0.1) is 6.92 Å². The summed E-state index contributed by atoms with van der Waals surface area (Å²) in [6.07, 6.45) is 2.75. The van der Waals surface area contributed by atoms with Crippen molar-refractivity contribution in [2.24, 2.45) is 5.10 Å². The number of aromatic hydroxyl groups is 1. The summed E-state index contributed by atoms with van der Waals surface area (Å²) in [5.41, 5.74) is 7.44. The topological polar surface area (TPSA) is 64.9 Å². The van der Waals surface area contributed by atoms with Crippen LogP contribution in [-0.2, 0) is 0 Å². The summed E-state index contributed by atoms with van der Waals surface area (Å²) in [7, 11) is 0. The number of phenolic OH excluding ortho intramolecular Hbond substituents is 1. The van der Waals surface area contributed by atoms with Crippen molar-refractivity contribution in [3.63, 3.8) is 0 Å². The number of aryl methyl sites for hydroxylation is 1. The molecule has 0 spiro atoms. The summed E-state index contributed by atoms with van der Waals surface area (Å²) < 4.78 is 1.12. The summed E-state index contributed by atoms with van der Waals surface area (Å²) >= 11 is 6.56. The van der Waals surface area contributed by atoms with Crippen molar-refractivity contribution >= 4 is 49.7 Å². The van der Waals surface area contributed by atoms with E-state index in [1.54, 1.807) is 18.3 Å². The lowest BCUT2D eigenvalue weighted by Crippen LogP contribution is -2.48. The minimum atomic E-state index is -0.478. The van der Waals surface area contributed by atoms with E-state index >= 15 is 0 Å². The van der Waals surface area contributed by atoms with Gasteiger partial charge in [-0.1, -0.05) is 22.9 Å². The van der Waals surface area contributed by atoms with Crippen LogP contribution in [-0.4, -0.2) is 29.3 Å². The first kappa shape index (κ1) is 22.8. The van der Waals surface area contributed by atoms with E-state index in [-0.39, 0.29) is 16.9 Å². The molecule has 2 N–H and O–H groups in total. The number of amides is 1. The first-order chi connectivity index (χ1) is 14.0. The molecule has 0 aromatic heterocycles. The number of hydrogen-bond acceptors (Lipinski definition) is 4. The van der Waals surface area contributed by atoms with E-state index in [0.29, 0.717) is 14.9 Å². The van der Waals surface area contributed by atoms with Gasteiger partial charge in [0, 0.05) is 22.2 Å². The Bertz CT molecular complexity index is 1020. The second-order valence-corrected chi connectivity index (χ2v) is 10.2. The lowest BCUT2D eigenvalue weighted by Gasteiger charge is -2.47. The van der Waals surface area contributed by atoms with E-state index in [9.17, 15) is 9.90 Å². The fourth-order valence-electron chi connectivity index (χ4n) is 4.35. The molecule has 3 rings (SSSR count). The molecule has 1 heterocycles. The molecule has 0 saturated carbocycles. The molecular formula is C23H27Br2N3O2. The number of halogens is 2. The average Bonchev–Trinajstić information content (AvgIpc) is 2.65. The predicted molar refractivity (Wildman–Crippen MR) is 130 cm³/mol. The number of anilines is 1. The molecule has 5 nitrogen and oxygen atoms in total. The van der Waals surface area contributed by atoms with Gasteiger partial charge in [-0.25, -0.2) is 5.43 Å². The molecule has 1 aliphatic heterocycles. The SMILES string of the molecule is CCN1c2cc(C)c(/C=N/NC(=O)c3cc(Br)cc(Br)c3O)cc2C(C)CC1(C)C. The van der Waals surface area contributed by atoms with Crippen LogP contribution in [0.2, 0.25) is 0 Å². The molecule has 2 aromatic rings. The fourth-order valence-corrected chi connectivity index (χ4v) is 5.57. The van der Waals surface area contributed by atoms with E-state index in [0.717, 1.165) is 24.1 Å². The van der Waals surface area contributed by atoms with E-state index in [4.69, 9.17) is 0 Å². The van der Waals surface area contributed by atoms with Gasteiger partial charge < -0.3 is 10.0 Å². The van der Waals surface area contributed by atoms with E-state index in [1.165, 1.54) is 11.3 Å². The lowest BCUT2D eigenvalue weighted by molar-refractivity contribution is 0.0952. The smallest absolute Gasteiger partial charge is 0.275 e. The van der Waals surface area contributed by atoms with Gasteiger partial charge in [-0.2, -0.15) is 5.10 Å². The third-order valence-corrected chi connectivity index (χ3v) is 6.79. The third-order valence-electron chi connectivity index (χ3n) is 5.73. The molecule has 1 aliphatic rings. The second kappa shape index (κ2) is 8.71. The van der Waals surface area contributed by atoms with Gasteiger partial charge in [-0.05, 0) is 96.9 Å². The van der Waals surface area contributed by atoms with Crippen molar-refractivity contribution in [2.75, 3.05) is 11.4 Å².